The molecule has 1 saturated heterocycles. The lowest BCUT2D eigenvalue weighted by molar-refractivity contribution is -0.170. The van der Waals surface area contributed by atoms with E-state index < -0.39 is 7.60 Å². The highest BCUT2D eigenvalue weighted by Gasteiger charge is 2.26. The van der Waals surface area contributed by atoms with Gasteiger partial charge in [0.05, 0.1) is 26.0 Å². The molecule has 1 unspecified atom stereocenters. The lowest BCUT2D eigenvalue weighted by Crippen LogP contribution is -2.30. The van der Waals surface area contributed by atoms with Crippen molar-refractivity contribution in [1.29, 1.82) is 0 Å². The fraction of sp³-hybridized carbons (Fsp3) is 0.700. The molecule has 1 atom stereocenters. The van der Waals surface area contributed by atoms with Crippen LogP contribution < -0.4 is 0 Å². The molecule has 6 heteroatoms. The highest BCUT2D eigenvalue weighted by atomic mass is 31.2. The van der Waals surface area contributed by atoms with Crippen LogP contribution in [0, 0.1) is 0 Å². The largest absolute Gasteiger partial charge is 0.353 e. The maximum atomic E-state index is 12.7. The Balaban J connectivity index is 1.96. The third kappa shape index (κ3) is 6.47. The molecule has 1 fully saturated rings. The van der Waals surface area contributed by atoms with Gasteiger partial charge in [-0.25, -0.2) is 0 Å². The Morgan fingerprint density at radius 3 is 2.31 bits per heavy atom. The van der Waals surface area contributed by atoms with Gasteiger partial charge in [0.15, 0.2) is 6.29 Å². The molecule has 1 heterocycles. The average molecular weight is 384 g/mol. The zero-order chi connectivity index (χ0) is 19.0. The van der Waals surface area contributed by atoms with Gasteiger partial charge in [-0.1, -0.05) is 38.1 Å². The van der Waals surface area contributed by atoms with Gasteiger partial charge >= 0.3 is 7.60 Å². The first kappa shape index (κ1) is 21.6. The van der Waals surface area contributed by atoms with E-state index in [0.29, 0.717) is 26.0 Å². The Morgan fingerprint density at radius 2 is 1.77 bits per heavy atom. The monoisotopic (exact) mass is 384 g/mol. The van der Waals surface area contributed by atoms with E-state index in [-0.39, 0.29) is 11.7 Å². The quantitative estimate of drug-likeness (QED) is 0.514. The molecular weight excluding hydrogens is 351 g/mol. The van der Waals surface area contributed by atoms with Crippen LogP contribution in [0.5, 0.6) is 0 Å². The van der Waals surface area contributed by atoms with Crippen LogP contribution in [0.2, 0.25) is 0 Å². The van der Waals surface area contributed by atoms with Gasteiger partial charge in [0.2, 0.25) is 0 Å². The third-order valence-electron chi connectivity index (χ3n) is 4.53. The molecule has 1 aromatic rings. The predicted molar refractivity (Wildman–Crippen MR) is 104 cm³/mol. The van der Waals surface area contributed by atoms with Crippen molar-refractivity contribution in [2.45, 2.75) is 64.8 Å². The van der Waals surface area contributed by atoms with Gasteiger partial charge in [-0.05, 0) is 44.2 Å². The zero-order valence-corrected chi connectivity index (χ0v) is 17.4. The normalized spacial score (nSPS) is 18.8. The summed E-state index contributed by atoms with van der Waals surface area (Å²) in [6.45, 7) is 10.1. The second kappa shape index (κ2) is 10.0. The van der Waals surface area contributed by atoms with Crippen molar-refractivity contribution >= 4 is 7.60 Å². The predicted octanol–water partition coefficient (Wildman–Crippen LogP) is 5.27. The van der Waals surface area contributed by atoms with E-state index in [4.69, 9.17) is 18.5 Å². The summed E-state index contributed by atoms with van der Waals surface area (Å²) in [6, 6.07) is 8.14. The minimum absolute atomic E-state index is 0.0782. The van der Waals surface area contributed by atoms with Gasteiger partial charge in [0.25, 0.3) is 0 Å². The van der Waals surface area contributed by atoms with Gasteiger partial charge in [-0.3, -0.25) is 4.57 Å². The average Bonchev–Trinajstić information content (AvgIpc) is 2.62. The molecule has 2 rings (SSSR count). The smallest absolute Gasteiger partial charge is 0.335 e. The molecule has 1 aromatic carbocycles. The molecular formula is C20H33O5P. The standard InChI is InChI=1S/C20H33O5P/c1-5-24-26(21,25-6-2)15-17-10-12-18(13-11-17)20(3,4)16-23-19-9-7-8-14-22-19/h10-13,19H,5-9,14-16H2,1-4H3. The summed E-state index contributed by atoms with van der Waals surface area (Å²) >= 11 is 0. The molecule has 0 amide bonds. The van der Waals surface area contributed by atoms with Gasteiger partial charge in [-0.15, -0.1) is 0 Å². The van der Waals surface area contributed by atoms with Crippen molar-refractivity contribution in [3.8, 4) is 0 Å². The van der Waals surface area contributed by atoms with E-state index in [1.54, 1.807) is 0 Å². The van der Waals surface area contributed by atoms with Crippen LogP contribution >= 0.6 is 7.60 Å². The summed E-state index contributed by atoms with van der Waals surface area (Å²) in [5, 5.41) is 0. The maximum absolute atomic E-state index is 12.7. The molecule has 0 aliphatic carbocycles. The number of hydrogen-bond acceptors (Lipinski definition) is 5. The van der Waals surface area contributed by atoms with Gasteiger partial charge < -0.3 is 18.5 Å². The highest BCUT2D eigenvalue weighted by molar-refractivity contribution is 7.53. The zero-order valence-electron chi connectivity index (χ0n) is 16.5. The minimum atomic E-state index is -3.07. The molecule has 148 valence electrons. The Hall–Kier alpha value is -0.710. The van der Waals surface area contributed by atoms with Crippen LogP contribution in [-0.2, 0) is 34.7 Å². The van der Waals surface area contributed by atoms with Crippen molar-refractivity contribution in [2.75, 3.05) is 26.4 Å². The molecule has 0 bridgehead atoms. The number of hydrogen-bond donors (Lipinski definition) is 0. The molecule has 0 saturated carbocycles. The lowest BCUT2D eigenvalue weighted by atomic mass is 9.85. The molecule has 5 nitrogen and oxygen atoms in total. The van der Waals surface area contributed by atoms with E-state index in [9.17, 15) is 4.57 Å². The Kier molecular flexibility index (Phi) is 8.31. The minimum Gasteiger partial charge on any atom is -0.353 e. The van der Waals surface area contributed by atoms with Crippen molar-refractivity contribution in [2.24, 2.45) is 0 Å². The fourth-order valence-electron chi connectivity index (χ4n) is 3.03. The fourth-order valence-corrected chi connectivity index (χ4v) is 4.74. The molecule has 1 aliphatic heterocycles. The Morgan fingerprint density at radius 1 is 1.12 bits per heavy atom. The topological polar surface area (TPSA) is 54.0 Å². The first-order chi connectivity index (χ1) is 12.4. The van der Waals surface area contributed by atoms with Crippen LogP contribution in [0.4, 0.5) is 0 Å². The van der Waals surface area contributed by atoms with Gasteiger partial charge in [-0.2, -0.15) is 0 Å². The van der Waals surface area contributed by atoms with Crippen LogP contribution in [0.3, 0.4) is 0 Å². The van der Waals surface area contributed by atoms with Gasteiger partial charge in [0, 0.05) is 12.0 Å². The molecule has 1 aliphatic rings. The van der Waals surface area contributed by atoms with Crippen LogP contribution in [0.15, 0.2) is 24.3 Å². The van der Waals surface area contributed by atoms with Crippen molar-refractivity contribution in [3.05, 3.63) is 35.4 Å². The van der Waals surface area contributed by atoms with E-state index in [2.05, 4.69) is 26.0 Å². The first-order valence-corrected chi connectivity index (χ1v) is 11.3. The van der Waals surface area contributed by atoms with Crippen LogP contribution in [0.1, 0.15) is 58.1 Å². The second-order valence-electron chi connectivity index (χ2n) is 7.29. The number of benzene rings is 1. The van der Waals surface area contributed by atoms with E-state index >= 15 is 0 Å². The molecule has 0 aromatic heterocycles. The summed E-state index contributed by atoms with van der Waals surface area (Å²) in [5.41, 5.74) is 2.01. The molecule has 26 heavy (non-hydrogen) atoms. The third-order valence-corrected chi connectivity index (χ3v) is 6.59. The van der Waals surface area contributed by atoms with E-state index in [1.807, 2.05) is 26.0 Å². The summed E-state index contributed by atoms with van der Waals surface area (Å²) in [4.78, 5) is 0. The van der Waals surface area contributed by atoms with Crippen LogP contribution in [-0.4, -0.2) is 32.7 Å². The highest BCUT2D eigenvalue weighted by Crippen LogP contribution is 2.51. The van der Waals surface area contributed by atoms with Crippen molar-refractivity contribution in [3.63, 3.8) is 0 Å². The molecule has 0 N–H and O–H groups in total. The van der Waals surface area contributed by atoms with Crippen LogP contribution in [0.25, 0.3) is 0 Å². The Bertz CT molecular complexity index is 568. The summed E-state index contributed by atoms with van der Waals surface area (Å²) in [7, 11) is -3.07. The summed E-state index contributed by atoms with van der Waals surface area (Å²) < 4.78 is 35.0. The van der Waals surface area contributed by atoms with Gasteiger partial charge in [0.1, 0.15) is 0 Å². The number of rotatable bonds is 10. The van der Waals surface area contributed by atoms with Crippen molar-refractivity contribution in [1.82, 2.24) is 0 Å². The maximum Gasteiger partial charge on any atom is 0.335 e. The molecule has 0 spiro atoms. The summed E-state index contributed by atoms with van der Waals surface area (Å²) in [5.74, 6) is 0. The van der Waals surface area contributed by atoms with Crippen molar-refractivity contribution < 1.29 is 23.1 Å². The van der Waals surface area contributed by atoms with E-state index in [0.717, 1.165) is 25.0 Å². The SMILES string of the molecule is CCOP(=O)(Cc1ccc(C(C)(C)COC2CCCCO2)cc1)OCC. The Labute approximate surface area is 157 Å². The summed E-state index contributed by atoms with van der Waals surface area (Å²) in [6.07, 6.45) is 3.48. The number of ether oxygens (including phenoxy) is 2. The first-order valence-electron chi connectivity index (χ1n) is 9.59. The lowest BCUT2D eigenvalue weighted by Gasteiger charge is -2.30. The van der Waals surface area contributed by atoms with E-state index in [1.165, 1.54) is 12.0 Å². The molecule has 0 radical (unpaired) electrons. The second-order valence-corrected chi connectivity index (χ2v) is 9.35.